The summed E-state index contributed by atoms with van der Waals surface area (Å²) in [6.45, 7) is 2.60. The maximum Gasteiger partial charge on any atom is 0.355 e. The first-order valence-electron chi connectivity index (χ1n) is 9.92. The molecule has 0 spiro atoms. The third-order valence-electron chi connectivity index (χ3n) is 4.77. The average molecular weight is 424 g/mol. The smallest absolute Gasteiger partial charge is 0.355 e. The SMILES string of the molecule is Cc1ccc(Cn2c(NCCCC(=N)N)nc(=O)n(Cc3ccc(F)cc3)c2=O)cc1. The van der Waals surface area contributed by atoms with Gasteiger partial charge in [0.05, 0.1) is 18.9 Å². The quantitative estimate of drug-likeness (QED) is 0.276. The molecule has 162 valence electrons. The van der Waals surface area contributed by atoms with Gasteiger partial charge in [-0.3, -0.25) is 9.98 Å². The molecule has 1 heterocycles. The second-order valence-electron chi connectivity index (χ2n) is 7.34. The van der Waals surface area contributed by atoms with Crippen LogP contribution in [0.25, 0.3) is 0 Å². The number of amidine groups is 1. The highest BCUT2D eigenvalue weighted by Gasteiger charge is 2.14. The number of benzene rings is 2. The third kappa shape index (κ3) is 5.88. The lowest BCUT2D eigenvalue weighted by molar-refractivity contribution is 0.584. The number of rotatable bonds is 9. The van der Waals surface area contributed by atoms with Gasteiger partial charge in [0, 0.05) is 13.0 Å². The lowest BCUT2D eigenvalue weighted by atomic mass is 10.1. The molecule has 0 radical (unpaired) electrons. The van der Waals surface area contributed by atoms with E-state index in [2.05, 4.69) is 10.3 Å². The number of hydrogen-bond acceptors (Lipinski definition) is 5. The number of nitrogens with zero attached hydrogens (tertiary/aromatic N) is 3. The lowest BCUT2D eigenvalue weighted by Crippen LogP contribution is -2.43. The molecule has 0 fully saturated rings. The summed E-state index contributed by atoms with van der Waals surface area (Å²) in [5.74, 6) is -0.160. The van der Waals surface area contributed by atoms with Crippen molar-refractivity contribution in [2.75, 3.05) is 11.9 Å². The summed E-state index contributed by atoms with van der Waals surface area (Å²) >= 11 is 0. The van der Waals surface area contributed by atoms with Crippen LogP contribution in [0.2, 0.25) is 0 Å². The van der Waals surface area contributed by atoms with Gasteiger partial charge >= 0.3 is 11.4 Å². The van der Waals surface area contributed by atoms with E-state index in [1.807, 2.05) is 31.2 Å². The van der Waals surface area contributed by atoms with Crippen LogP contribution in [-0.4, -0.2) is 26.5 Å². The van der Waals surface area contributed by atoms with E-state index in [4.69, 9.17) is 11.1 Å². The van der Waals surface area contributed by atoms with Crippen molar-refractivity contribution in [3.8, 4) is 0 Å². The van der Waals surface area contributed by atoms with E-state index < -0.39 is 17.2 Å². The number of aromatic nitrogens is 3. The fraction of sp³-hybridized carbons (Fsp3) is 0.273. The molecule has 0 amide bonds. The molecular weight excluding hydrogens is 399 g/mol. The molecule has 31 heavy (non-hydrogen) atoms. The predicted molar refractivity (Wildman–Crippen MR) is 118 cm³/mol. The number of halogens is 1. The topological polar surface area (TPSA) is 119 Å². The van der Waals surface area contributed by atoms with E-state index in [1.54, 1.807) is 0 Å². The Morgan fingerprint density at radius 1 is 1.03 bits per heavy atom. The van der Waals surface area contributed by atoms with Gasteiger partial charge < -0.3 is 11.1 Å². The van der Waals surface area contributed by atoms with Crippen LogP contribution in [0.15, 0.2) is 58.1 Å². The van der Waals surface area contributed by atoms with Gasteiger partial charge in [-0.05, 0) is 36.6 Å². The summed E-state index contributed by atoms with van der Waals surface area (Å²) in [5.41, 5.74) is 6.76. The highest BCUT2D eigenvalue weighted by Crippen LogP contribution is 2.08. The summed E-state index contributed by atoms with van der Waals surface area (Å²) in [7, 11) is 0. The maximum atomic E-state index is 13.2. The molecule has 4 N–H and O–H groups in total. The van der Waals surface area contributed by atoms with E-state index in [1.165, 1.54) is 28.8 Å². The van der Waals surface area contributed by atoms with Crippen LogP contribution in [0.3, 0.4) is 0 Å². The highest BCUT2D eigenvalue weighted by molar-refractivity contribution is 5.76. The van der Waals surface area contributed by atoms with Gasteiger partial charge in [0.25, 0.3) is 0 Å². The molecule has 0 aliphatic rings. The summed E-state index contributed by atoms with van der Waals surface area (Å²) in [6.07, 6.45) is 0.964. The minimum Gasteiger partial charge on any atom is -0.388 e. The predicted octanol–water partition coefficient (Wildman–Crippen LogP) is 2.08. The highest BCUT2D eigenvalue weighted by atomic mass is 19.1. The van der Waals surface area contributed by atoms with Gasteiger partial charge in [-0.1, -0.05) is 42.0 Å². The van der Waals surface area contributed by atoms with Crippen LogP contribution in [0, 0.1) is 18.2 Å². The largest absolute Gasteiger partial charge is 0.388 e. The second kappa shape index (κ2) is 9.84. The number of nitrogens with two attached hydrogens (primary N) is 1. The number of hydrogen-bond donors (Lipinski definition) is 3. The molecule has 0 saturated heterocycles. The van der Waals surface area contributed by atoms with Crippen molar-refractivity contribution in [1.82, 2.24) is 14.1 Å². The van der Waals surface area contributed by atoms with E-state index >= 15 is 0 Å². The number of anilines is 1. The minimum absolute atomic E-state index is 0.0105. The van der Waals surface area contributed by atoms with Gasteiger partial charge in [0.2, 0.25) is 5.95 Å². The zero-order valence-corrected chi connectivity index (χ0v) is 17.3. The van der Waals surface area contributed by atoms with Crippen LogP contribution >= 0.6 is 0 Å². The van der Waals surface area contributed by atoms with E-state index in [0.717, 1.165) is 15.7 Å². The molecular formula is C22H25FN6O2. The van der Waals surface area contributed by atoms with Crippen LogP contribution in [0.4, 0.5) is 10.3 Å². The van der Waals surface area contributed by atoms with Crippen molar-refractivity contribution in [3.05, 3.63) is 92.0 Å². The van der Waals surface area contributed by atoms with Gasteiger partial charge in [0.1, 0.15) is 5.82 Å². The van der Waals surface area contributed by atoms with Crippen molar-refractivity contribution < 1.29 is 4.39 Å². The number of aryl methyl sites for hydroxylation is 1. The first kappa shape index (κ1) is 21.9. The molecule has 0 atom stereocenters. The Bertz CT molecular complexity index is 1170. The average Bonchev–Trinajstić information content (AvgIpc) is 2.73. The zero-order chi connectivity index (χ0) is 22.4. The molecule has 0 aliphatic carbocycles. The molecule has 1 aromatic heterocycles. The lowest BCUT2D eigenvalue weighted by Gasteiger charge is -2.16. The molecule has 3 aromatic rings. The Hall–Kier alpha value is -3.75. The van der Waals surface area contributed by atoms with Crippen molar-refractivity contribution in [1.29, 1.82) is 5.41 Å². The number of nitrogens with one attached hydrogen (secondary N) is 2. The Morgan fingerprint density at radius 2 is 1.61 bits per heavy atom. The molecule has 0 aliphatic heterocycles. The molecule has 0 saturated carbocycles. The van der Waals surface area contributed by atoms with Gasteiger partial charge in [-0.25, -0.2) is 18.5 Å². The summed E-state index contributed by atoms with van der Waals surface area (Å²) < 4.78 is 15.6. The van der Waals surface area contributed by atoms with Gasteiger partial charge in [-0.2, -0.15) is 4.98 Å². The van der Waals surface area contributed by atoms with E-state index in [-0.39, 0.29) is 24.9 Å². The van der Waals surface area contributed by atoms with Gasteiger partial charge in [0.15, 0.2) is 0 Å². The first-order valence-corrected chi connectivity index (χ1v) is 9.92. The Balaban J connectivity index is 1.96. The van der Waals surface area contributed by atoms with Crippen molar-refractivity contribution in [2.24, 2.45) is 5.73 Å². The van der Waals surface area contributed by atoms with Crippen molar-refractivity contribution in [2.45, 2.75) is 32.9 Å². The molecule has 2 aromatic carbocycles. The normalized spacial score (nSPS) is 10.8. The van der Waals surface area contributed by atoms with Crippen LogP contribution in [0.1, 0.15) is 29.5 Å². The molecule has 0 unspecified atom stereocenters. The molecule has 9 heteroatoms. The Labute approximate surface area is 178 Å². The summed E-state index contributed by atoms with van der Waals surface area (Å²) in [6, 6.07) is 13.3. The summed E-state index contributed by atoms with van der Waals surface area (Å²) in [5, 5.41) is 10.3. The molecule has 0 bridgehead atoms. The summed E-state index contributed by atoms with van der Waals surface area (Å²) in [4.78, 5) is 29.9. The fourth-order valence-corrected chi connectivity index (χ4v) is 3.07. The molecule has 8 nitrogen and oxygen atoms in total. The standard InChI is InChI=1S/C22H25FN6O2/c1-15-4-6-16(7-5-15)13-28-20(26-12-2-3-19(24)25)27-21(30)29(22(28)31)14-17-8-10-18(23)11-9-17/h4-11H,2-3,12-14H2,1H3,(H3,24,25)(H,26,27,30). The monoisotopic (exact) mass is 424 g/mol. The van der Waals surface area contributed by atoms with E-state index in [0.29, 0.717) is 24.9 Å². The first-order chi connectivity index (χ1) is 14.8. The van der Waals surface area contributed by atoms with Crippen molar-refractivity contribution >= 4 is 11.8 Å². The zero-order valence-electron chi connectivity index (χ0n) is 17.3. The minimum atomic E-state index is -0.691. The van der Waals surface area contributed by atoms with Crippen LogP contribution in [-0.2, 0) is 13.1 Å². The van der Waals surface area contributed by atoms with Crippen LogP contribution < -0.4 is 22.4 Å². The third-order valence-corrected chi connectivity index (χ3v) is 4.77. The van der Waals surface area contributed by atoms with Crippen molar-refractivity contribution in [3.63, 3.8) is 0 Å². The van der Waals surface area contributed by atoms with Crippen LogP contribution in [0.5, 0.6) is 0 Å². The Kier molecular flexibility index (Phi) is 6.96. The molecule has 3 rings (SSSR count). The second-order valence-corrected chi connectivity index (χ2v) is 7.34. The van der Waals surface area contributed by atoms with E-state index in [9.17, 15) is 14.0 Å². The fourth-order valence-electron chi connectivity index (χ4n) is 3.07. The Morgan fingerprint density at radius 3 is 2.23 bits per heavy atom. The van der Waals surface area contributed by atoms with Gasteiger partial charge in [-0.15, -0.1) is 0 Å². The maximum absolute atomic E-state index is 13.2.